The van der Waals surface area contributed by atoms with E-state index in [1.165, 1.54) is 0 Å². The Bertz CT molecular complexity index is 428. The smallest absolute Gasteiger partial charge is 0.265 e. The van der Waals surface area contributed by atoms with Crippen molar-refractivity contribution in [2.75, 3.05) is 13.2 Å². The molecule has 0 amide bonds. The van der Waals surface area contributed by atoms with Gasteiger partial charge in [0, 0.05) is 0 Å². The van der Waals surface area contributed by atoms with Gasteiger partial charge < -0.3 is 48.7 Å². The maximum absolute atomic E-state index is 10.4. The van der Waals surface area contributed by atoms with E-state index >= 15 is 0 Å². The van der Waals surface area contributed by atoms with Crippen LogP contribution in [-0.4, -0.2) is 62.4 Å². The average Bonchev–Trinajstić information content (AvgIpc) is 2.48. The molecule has 1 rings (SSSR count). The molecular weight excluding hydrogens is 326 g/mol. The molecule has 14 heteroatoms. The van der Waals surface area contributed by atoms with Gasteiger partial charge in [-0.3, -0.25) is 9.13 Å². The predicted molar refractivity (Wildman–Crippen MR) is 53.4 cm³/mol. The highest BCUT2D eigenvalue weighted by atomic mass is 31.2. The molecule has 0 spiro atoms. The fraction of sp³-hybridized carbons (Fsp3) is 1.00. The molecule has 0 aromatic heterocycles. The summed E-state index contributed by atoms with van der Waals surface area (Å²) in [6.45, 7) is -2.21. The highest BCUT2D eigenvalue weighted by Gasteiger charge is 2.54. The Balaban J connectivity index is 2.67. The van der Waals surface area contributed by atoms with E-state index in [-0.39, 0.29) is 0 Å². The first-order valence-electron chi connectivity index (χ1n) is 4.97. The van der Waals surface area contributed by atoms with Crippen molar-refractivity contribution >= 4 is 15.6 Å². The lowest BCUT2D eigenvalue weighted by Gasteiger charge is -2.28. The van der Waals surface area contributed by atoms with Gasteiger partial charge in [-0.1, -0.05) is 0 Å². The number of rotatable bonds is 6. The molecule has 0 radical (unpaired) electrons. The normalized spacial score (nSPS) is 40.2. The van der Waals surface area contributed by atoms with Crippen LogP contribution in [0.1, 0.15) is 0 Å². The Morgan fingerprint density at radius 1 is 1.15 bits per heavy atom. The topological polar surface area (TPSA) is 209 Å². The second-order valence-electron chi connectivity index (χ2n) is 3.94. The molecule has 1 fully saturated rings. The molecule has 2 unspecified atom stereocenters. The maximum Gasteiger partial charge on any atom is 0.265 e. The van der Waals surface area contributed by atoms with E-state index in [0.29, 0.717) is 0 Å². The van der Waals surface area contributed by atoms with Crippen LogP contribution in [0.5, 0.6) is 0 Å². The summed E-state index contributed by atoms with van der Waals surface area (Å²) in [6, 6.07) is 0. The molecular formula is C6H12O12P2-2. The lowest BCUT2D eigenvalue weighted by atomic mass is 10.1. The number of aliphatic hydroxyl groups excluding tert-OH is 2. The number of hydrogen-bond acceptors (Lipinski definition) is 10. The first-order chi connectivity index (χ1) is 8.84. The van der Waals surface area contributed by atoms with Crippen LogP contribution >= 0.6 is 15.6 Å². The highest BCUT2D eigenvalue weighted by molar-refractivity contribution is 7.45. The SMILES string of the molecule is O=P([O-])(O)OC[C@H]1O[C@@](O)(COP(=O)([O-])O)[C@@H](O)[C@@H]1O. The van der Waals surface area contributed by atoms with Crippen molar-refractivity contribution in [3.8, 4) is 0 Å². The fourth-order valence-corrected chi connectivity index (χ4v) is 2.15. The minimum Gasteiger partial charge on any atom is -0.756 e. The average molecular weight is 338 g/mol. The summed E-state index contributed by atoms with van der Waals surface area (Å²) < 4.78 is 33.1. The Morgan fingerprint density at radius 3 is 2.10 bits per heavy atom. The van der Waals surface area contributed by atoms with Crippen LogP contribution in [-0.2, 0) is 22.9 Å². The molecule has 12 nitrogen and oxygen atoms in total. The quantitative estimate of drug-likeness (QED) is 0.292. The van der Waals surface area contributed by atoms with Gasteiger partial charge in [-0.25, -0.2) is 0 Å². The van der Waals surface area contributed by atoms with Gasteiger partial charge in [-0.2, -0.15) is 0 Å². The number of ether oxygens (including phenoxy) is 1. The van der Waals surface area contributed by atoms with E-state index in [1.54, 1.807) is 0 Å². The maximum atomic E-state index is 10.4. The molecule has 5 N–H and O–H groups in total. The molecule has 0 aromatic carbocycles. The molecule has 1 aliphatic heterocycles. The molecule has 0 bridgehead atoms. The zero-order valence-electron chi connectivity index (χ0n) is 9.63. The minimum absolute atomic E-state index is 0.952. The number of phosphoric ester groups is 2. The van der Waals surface area contributed by atoms with Crippen molar-refractivity contribution in [1.29, 1.82) is 0 Å². The summed E-state index contributed by atoms with van der Waals surface area (Å²) >= 11 is 0. The first-order valence-corrected chi connectivity index (χ1v) is 7.96. The zero-order chi connectivity index (χ0) is 15.8. The van der Waals surface area contributed by atoms with Gasteiger partial charge in [0.1, 0.15) is 24.9 Å². The van der Waals surface area contributed by atoms with Crippen LogP contribution in [0.25, 0.3) is 0 Å². The molecule has 20 heavy (non-hydrogen) atoms. The third kappa shape index (κ3) is 5.11. The molecule has 1 aliphatic rings. The Kier molecular flexibility index (Phi) is 5.48. The van der Waals surface area contributed by atoms with Crippen molar-refractivity contribution in [3.05, 3.63) is 0 Å². The van der Waals surface area contributed by atoms with Crippen LogP contribution in [0.15, 0.2) is 0 Å². The molecule has 0 saturated carbocycles. The van der Waals surface area contributed by atoms with Gasteiger partial charge in [0.25, 0.3) is 15.6 Å². The summed E-state index contributed by atoms with van der Waals surface area (Å²) in [5.41, 5.74) is 0. The Morgan fingerprint density at radius 2 is 1.65 bits per heavy atom. The van der Waals surface area contributed by atoms with Gasteiger partial charge >= 0.3 is 0 Å². The van der Waals surface area contributed by atoms with E-state index in [2.05, 4.69) is 13.8 Å². The molecule has 1 heterocycles. The summed E-state index contributed by atoms with van der Waals surface area (Å²) in [4.78, 5) is 37.4. The molecule has 6 atom stereocenters. The third-order valence-electron chi connectivity index (χ3n) is 2.36. The zero-order valence-corrected chi connectivity index (χ0v) is 11.4. The Hall–Kier alpha value is 0.0600. The van der Waals surface area contributed by atoms with E-state index in [9.17, 15) is 34.2 Å². The molecule has 0 aromatic rings. The second kappa shape index (κ2) is 6.05. The molecule has 0 aliphatic carbocycles. The first kappa shape index (κ1) is 18.1. The summed E-state index contributed by atoms with van der Waals surface area (Å²) in [6.07, 6.45) is -5.54. The fourth-order valence-electron chi connectivity index (χ4n) is 1.47. The minimum atomic E-state index is -5.22. The van der Waals surface area contributed by atoms with Crippen molar-refractivity contribution < 1.29 is 57.8 Å². The van der Waals surface area contributed by atoms with Crippen molar-refractivity contribution in [1.82, 2.24) is 0 Å². The Labute approximate surface area is 112 Å². The van der Waals surface area contributed by atoms with Gasteiger partial charge in [0.05, 0.1) is 6.61 Å². The van der Waals surface area contributed by atoms with E-state index in [1.807, 2.05) is 0 Å². The van der Waals surface area contributed by atoms with Gasteiger partial charge in [0.15, 0.2) is 0 Å². The van der Waals surface area contributed by atoms with Crippen LogP contribution < -0.4 is 9.79 Å². The number of phosphoric acid groups is 2. The second-order valence-corrected chi connectivity index (χ2v) is 6.33. The van der Waals surface area contributed by atoms with Gasteiger partial charge in [-0.15, -0.1) is 0 Å². The number of hydrogen-bond donors (Lipinski definition) is 5. The lowest BCUT2D eigenvalue weighted by Crippen LogP contribution is -2.46. The highest BCUT2D eigenvalue weighted by Crippen LogP contribution is 2.38. The number of aliphatic hydroxyl groups is 3. The standard InChI is InChI=1S/C6H14O12P2/c7-4-3(1-16-19(10,11)12)18-6(9,5(4)8)2-17-20(13,14)15/h3-5,7-9H,1-2H2,(H2,10,11,12)(H2,13,14,15)/p-2/t3-,4-,5+,6+/m1/s1. The summed E-state index contributed by atoms with van der Waals surface area (Å²) in [5.74, 6) is -2.72. The van der Waals surface area contributed by atoms with E-state index in [4.69, 9.17) is 9.79 Å². The van der Waals surface area contributed by atoms with Crippen molar-refractivity contribution in [3.63, 3.8) is 0 Å². The van der Waals surface area contributed by atoms with E-state index < -0.39 is 53.0 Å². The summed E-state index contributed by atoms with van der Waals surface area (Å²) in [7, 11) is -10.3. The van der Waals surface area contributed by atoms with Gasteiger partial charge in [-0.05, 0) is 0 Å². The van der Waals surface area contributed by atoms with Crippen LogP contribution in [0.4, 0.5) is 0 Å². The monoisotopic (exact) mass is 338 g/mol. The van der Waals surface area contributed by atoms with Crippen LogP contribution in [0.3, 0.4) is 0 Å². The summed E-state index contributed by atoms with van der Waals surface area (Å²) in [5, 5.41) is 28.6. The van der Waals surface area contributed by atoms with Crippen LogP contribution in [0, 0.1) is 0 Å². The molecule has 1 saturated heterocycles. The lowest BCUT2D eigenvalue weighted by molar-refractivity contribution is -0.266. The van der Waals surface area contributed by atoms with Gasteiger partial charge in [0.2, 0.25) is 5.79 Å². The predicted octanol–water partition coefficient (Wildman–Crippen LogP) is -4.25. The van der Waals surface area contributed by atoms with E-state index in [0.717, 1.165) is 0 Å². The van der Waals surface area contributed by atoms with Crippen molar-refractivity contribution in [2.45, 2.75) is 24.1 Å². The van der Waals surface area contributed by atoms with Crippen molar-refractivity contribution in [2.24, 2.45) is 0 Å². The largest absolute Gasteiger partial charge is 0.756 e. The third-order valence-corrected chi connectivity index (χ3v) is 3.29. The molecule has 120 valence electrons. The van der Waals surface area contributed by atoms with Crippen LogP contribution in [0.2, 0.25) is 0 Å².